The molecule has 14 nitrogen and oxygen atoms in total. The highest BCUT2D eigenvalue weighted by Gasteiger charge is 2.27. The Morgan fingerprint density at radius 3 is 2.58 bits per heavy atom. The van der Waals surface area contributed by atoms with Crippen LogP contribution in [0.3, 0.4) is 0 Å². The summed E-state index contributed by atoms with van der Waals surface area (Å²) in [5.74, 6) is -0.270. The van der Waals surface area contributed by atoms with Gasteiger partial charge in [-0.15, -0.1) is 0 Å². The van der Waals surface area contributed by atoms with E-state index in [1.807, 2.05) is 4.57 Å². The molecule has 0 bridgehead atoms. The molecule has 260 valence electrons. The first kappa shape index (κ1) is 36.2. The van der Waals surface area contributed by atoms with Gasteiger partial charge in [0.15, 0.2) is 11.8 Å². The van der Waals surface area contributed by atoms with E-state index in [0.29, 0.717) is 23.6 Å². The Kier molecular flexibility index (Phi) is 12.1. The van der Waals surface area contributed by atoms with Gasteiger partial charge in [0.2, 0.25) is 5.91 Å². The number of hydrogen-bond acceptors (Lipinski definition) is 9. The molecule has 4 heterocycles. The quantitative estimate of drug-likeness (QED) is 0.282. The lowest BCUT2D eigenvalue weighted by Gasteiger charge is -2.25. The maximum absolute atomic E-state index is 13.7. The fraction of sp³-hybridized carbons (Fsp3) is 0.559. The number of allylic oxidation sites excluding steroid dienone is 1. The number of aromatic nitrogens is 5. The summed E-state index contributed by atoms with van der Waals surface area (Å²) in [4.78, 5) is 68.1. The van der Waals surface area contributed by atoms with Crippen LogP contribution in [0.25, 0.3) is 11.2 Å². The van der Waals surface area contributed by atoms with Gasteiger partial charge in [-0.05, 0) is 68.6 Å². The predicted molar refractivity (Wildman–Crippen MR) is 181 cm³/mol. The van der Waals surface area contributed by atoms with Crippen molar-refractivity contribution in [2.24, 2.45) is 5.41 Å². The predicted octanol–water partition coefficient (Wildman–Crippen LogP) is 4.14. The van der Waals surface area contributed by atoms with Crippen LogP contribution >= 0.6 is 0 Å². The van der Waals surface area contributed by atoms with Gasteiger partial charge in [0.1, 0.15) is 29.6 Å². The summed E-state index contributed by atoms with van der Waals surface area (Å²) in [5, 5.41) is 2.65. The van der Waals surface area contributed by atoms with Crippen LogP contribution in [-0.2, 0) is 32.0 Å². The van der Waals surface area contributed by atoms with Crippen LogP contribution in [0.5, 0.6) is 0 Å². The summed E-state index contributed by atoms with van der Waals surface area (Å²) in [6, 6.07) is 3.16. The first-order valence-electron chi connectivity index (χ1n) is 16.3. The van der Waals surface area contributed by atoms with Crippen molar-refractivity contribution >= 4 is 34.8 Å². The molecule has 3 aromatic rings. The Labute approximate surface area is 281 Å². The van der Waals surface area contributed by atoms with Gasteiger partial charge in [-0.3, -0.25) is 19.0 Å². The van der Waals surface area contributed by atoms with E-state index in [0.717, 1.165) is 37.8 Å². The number of carbonyl (C=O) groups is 3. The minimum Gasteiger partial charge on any atom is -0.436 e. The van der Waals surface area contributed by atoms with E-state index in [9.17, 15) is 19.2 Å². The van der Waals surface area contributed by atoms with Crippen LogP contribution in [0.4, 0.5) is 10.5 Å². The number of nitrogens with zero attached hydrogens (tertiary/aromatic N) is 7. The summed E-state index contributed by atoms with van der Waals surface area (Å²) in [7, 11) is 6.28. The van der Waals surface area contributed by atoms with E-state index in [2.05, 4.69) is 36.1 Å². The zero-order valence-corrected chi connectivity index (χ0v) is 29.1. The van der Waals surface area contributed by atoms with E-state index in [-0.39, 0.29) is 42.6 Å². The van der Waals surface area contributed by atoms with Gasteiger partial charge in [-0.2, -0.15) is 0 Å². The van der Waals surface area contributed by atoms with E-state index in [4.69, 9.17) is 14.5 Å². The van der Waals surface area contributed by atoms with E-state index >= 15 is 0 Å². The van der Waals surface area contributed by atoms with Crippen molar-refractivity contribution in [3.63, 3.8) is 0 Å². The van der Waals surface area contributed by atoms with Crippen molar-refractivity contribution in [3.05, 3.63) is 58.7 Å². The number of amides is 3. The average Bonchev–Trinajstić information content (AvgIpc) is 3.41. The average molecular weight is 665 g/mol. The number of pyridine rings is 1. The number of aryl methyl sites for hydroxylation is 1. The zero-order valence-electron chi connectivity index (χ0n) is 29.1. The van der Waals surface area contributed by atoms with Gasteiger partial charge in [0.25, 0.3) is 11.5 Å². The lowest BCUT2D eigenvalue weighted by molar-refractivity contribution is -0.125. The van der Waals surface area contributed by atoms with Crippen molar-refractivity contribution in [1.29, 1.82) is 0 Å². The first-order chi connectivity index (χ1) is 22.7. The molecule has 0 spiro atoms. The fourth-order valence-electron chi connectivity index (χ4n) is 5.19. The van der Waals surface area contributed by atoms with Crippen molar-refractivity contribution in [2.75, 3.05) is 40.1 Å². The molecule has 3 amide bonds. The molecule has 1 fully saturated rings. The normalized spacial score (nSPS) is 15.8. The maximum atomic E-state index is 13.7. The molecule has 0 radical (unpaired) electrons. The van der Waals surface area contributed by atoms with Crippen LogP contribution < -0.4 is 10.9 Å². The van der Waals surface area contributed by atoms with Crippen molar-refractivity contribution in [3.8, 4) is 0 Å². The lowest BCUT2D eigenvalue weighted by atomic mass is 9.90. The molecular weight excluding hydrogens is 616 g/mol. The van der Waals surface area contributed by atoms with Crippen molar-refractivity contribution < 1.29 is 23.9 Å². The molecule has 4 rings (SSSR count). The summed E-state index contributed by atoms with van der Waals surface area (Å²) < 4.78 is 15.0. The number of imidazole rings is 1. The number of anilines is 1. The summed E-state index contributed by atoms with van der Waals surface area (Å²) in [6.45, 7) is 7.27. The monoisotopic (exact) mass is 664 g/mol. The third kappa shape index (κ3) is 9.49. The fourth-order valence-corrected chi connectivity index (χ4v) is 5.19. The van der Waals surface area contributed by atoms with Gasteiger partial charge < -0.3 is 29.2 Å². The molecule has 2 unspecified atom stereocenters. The number of hydrogen-bond donors (Lipinski definition) is 1. The van der Waals surface area contributed by atoms with Crippen LogP contribution in [0, 0.1) is 5.41 Å². The Morgan fingerprint density at radius 2 is 1.92 bits per heavy atom. The molecule has 0 aliphatic carbocycles. The highest BCUT2D eigenvalue weighted by atomic mass is 16.6. The molecule has 1 saturated heterocycles. The largest absolute Gasteiger partial charge is 0.436 e. The molecule has 0 aromatic carbocycles. The van der Waals surface area contributed by atoms with Crippen molar-refractivity contribution in [2.45, 2.75) is 84.6 Å². The SMILES string of the molecule is CN(C)C(=O)/C=C/CCC(OC(=O)N(C)C)C(=O)Nc1cccn(Cc2nc3c(CCC(C)(C)C)ncnc3n2C2CCCCO2)c1=O. The lowest BCUT2D eigenvalue weighted by Crippen LogP contribution is -2.37. The molecule has 3 aromatic heterocycles. The summed E-state index contributed by atoms with van der Waals surface area (Å²) in [5.41, 5.74) is 1.88. The Hall–Kier alpha value is -4.59. The van der Waals surface area contributed by atoms with Gasteiger partial charge >= 0.3 is 6.09 Å². The second kappa shape index (κ2) is 16.0. The highest BCUT2D eigenvalue weighted by Crippen LogP contribution is 2.30. The van der Waals surface area contributed by atoms with Crippen LogP contribution in [-0.4, -0.2) is 92.7 Å². The second-order valence-corrected chi connectivity index (χ2v) is 13.6. The summed E-state index contributed by atoms with van der Waals surface area (Å²) in [6.07, 6.45) is 8.80. The van der Waals surface area contributed by atoms with Gasteiger partial charge in [0.05, 0.1) is 12.2 Å². The van der Waals surface area contributed by atoms with Crippen LogP contribution in [0.2, 0.25) is 0 Å². The molecule has 0 saturated carbocycles. The summed E-state index contributed by atoms with van der Waals surface area (Å²) >= 11 is 0. The number of fused-ring (bicyclic) bond motifs is 1. The van der Waals surface area contributed by atoms with Gasteiger partial charge in [0, 0.05) is 41.0 Å². The molecule has 1 N–H and O–H groups in total. The van der Waals surface area contributed by atoms with Gasteiger partial charge in [-0.1, -0.05) is 26.8 Å². The molecule has 2 atom stereocenters. The van der Waals surface area contributed by atoms with E-state index in [1.54, 1.807) is 38.8 Å². The number of likely N-dealkylation sites (N-methyl/N-ethyl adjacent to an activating group) is 1. The van der Waals surface area contributed by atoms with Crippen molar-refractivity contribution in [1.82, 2.24) is 33.9 Å². The van der Waals surface area contributed by atoms with Crippen LogP contribution in [0.15, 0.2) is 41.6 Å². The Balaban J connectivity index is 1.61. The van der Waals surface area contributed by atoms with Crippen LogP contribution in [0.1, 0.15) is 77.0 Å². The minimum absolute atomic E-state index is 0.0222. The Bertz CT molecular complexity index is 1680. The minimum atomic E-state index is -1.20. The number of ether oxygens (including phenoxy) is 2. The number of nitrogens with one attached hydrogen (secondary N) is 1. The third-order valence-corrected chi connectivity index (χ3v) is 7.97. The standard InChI is InChI=1S/C34H48N8O6/c1-34(2,3)18-17-23-29-30(36-22-35-23)42(28-16-10-11-20-47-28)26(38-29)21-41-19-12-13-24(32(41)45)37-31(44)25(48-33(46)40(6)7)14-8-9-15-27(43)39(4)5/h9,12-13,15,19,22,25,28H,8,10-11,14,16-18,20-21H2,1-7H3,(H,37,44)/b15-9+. The third-order valence-electron chi connectivity index (χ3n) is 7.97. The first-order valence-corrected chi connectivity index (χ1v) is 16.3. The number of carbonyl (C=O) groups excluding carboxylic acids is 3. The van der Waals surface area contributed by atoms with E-state index < -0.39 is 23.7 Å². The molecule has 48 heavy (non-hydrogen) atoms. The maximum Gasteiger partial charge on any atom is 0.410 e. The number of rotatable bonds is 12. The highest BCUT2D eigenvalue weighted by molar-refractivity contribution is 5.95. The smallest absolute Gasteiger partial charge is 0.410 e. The van der Waals surface area contributed by atoms with Gasteiger partial charge in [-0.25, -0.2) is 19.7 Å². The second-order valence-electron chi connectivity index (χ2n) is 13.6. The molecule has 14 heteroatoms. The molecule has 1 aliphatic rings. The molecular formula is C34H48N8O6. The Morgan fingerprint density at radius 1 is 1.15 bits per heavy atom. The van der Waals surface area contributed by atoms with E-state index in [1.165, 1.54) is 40.6 Å². The molecule has 1 aliphatic heterocycles. The topological polar surface area (TPSA) is 154 Å². The zero-order chi connectivity index (χ0) is 35.0.